The van der Waals surface area contributed by atoms with E-state index >= 15 is 0 Å². The van der Waals surface area contributed by atoms with Gasteiger partial charge in [0.25, 0.3) is 5.91 Å². The molecule has 0 aliphatic carbocycles. The lowest BCUT2D eigenvalue weighted by molar-refractivity contribution is -0.146. The van der Waals surface area contributed by atoms with E-state index in [9.17, 15) is 9.59 Å². The number of rotatable bonds is 10. The van der Waals surface area contributed by atoms with Crippen LogP contribution >= 0.6 is 22.9 Å². The van der Waals surface area contributed by atoms with Gasteiger partial charge in [0, 0.05) is 17.5 Å². The Morgan fingerprint density at radius 1 is 1.09 bits per heavy atom. The zero-order valence-electron chi connectivity index (χ0n) is 18.3. The topological polar surface area (TPSA) is 96.0 Å². The maximum Gasteiger partial charge on any atom is 0.312 e. The number of halogens is 1. The first-order valence-corrected chi connectivity index (χ1v) is 11.2. The smallest absolute Gasteiger partial charge is 0.312 e. The summed E-state index contributed by atoms with van der Waals surface area (Å²) in [6, 6.07) is 10.6. The van der Waals surface area contributed by atoms with Crippen LogP contribution in [0.1, 0.15) is 12.6 Å². The molecular formula is C23H23ClN2O6S. The molecular weight excluding hydrogens is 468 g/mol. The summed E-state index contributed by atoms with van der Waals surface area (Å²) in [7, 11) is 2.91. The highest BCUT2D eigenvalue weighted by Crippen LogP contribution is 2.36. The quantitative estimate of drug-likeness (QED) is 0.415. The van der Waals surface area contributed by atoms with Crippen LogP contribution in [0.3, 0.4) is 0 Å². The van der Waals surface area contributed by atoms with Crippen molar-refractivity contribution in [3.05, 3.63) is 52.5 Å². The number of carbonyl (C=O) groups excluding carboxylic acids is 2. The van der Waals surface area contributed by atoms with Crippen molar-refractivity contribution in [2.24, 2.45) is 0 Å². The van der Waals surface area contributed by atoms with Gasteiger partial charge in [0.1, 0.15) is 22.3 Å². The van der Waals surface area contributed by atoms with Crippen molar-refractivity contribution in [2.45, 2.75) is 13.3 Å². The largest absolute Gasteiger partial charge is 0.495 e. The number of ether oxygens (including phenoxy) is 4. The molecule has 0 atom stereocenters. The molecule has 0 unspecified atom stereocenters. The van der Waals surface area contributed by atoms with Gasteiger partial charge in [0.05, 0.1) is 49.2 Å². The van der Waals surface area contributed by atoms with Crippen LogP contribution < -0.4 is 19.5 Å². The standard InChI is InChI=1S/C23H23ClN2O6S/c1-4-31-18-8-6-5-7-15(18)23-25-14(13-33-23)9-22(28)32-12-21(27)26-17-11-19(29-2)16(24)10-20(17)30-3/h5-8,10-11,13H,4,9,12H2,1-3H3,(H,26,27). The van der Waals surface area contributed by atoms with Gasteiger partial charge in [0.2, 0.25) is 0 Å². The first-order chi connectivity index (χ1) is 15.9. The fourth-order valence-corrected chi connectivity index (χ4v) is 4.01. The lowest BCUT2D eigenvalue weighted by atomic mass is 10.2. The highest BCUT2D eigenvalue weighted by atomic mass is 35.5. The van der Waals surface area contributed by atoms with Gasteiger partial charge in [-0.3, -0.25) is 9.59 Å². The Kier molecular flexibility index (Phi) is 8.51. The number of methoxy groups -OCH3 is 2. The van der Waals surface area contributed by atoms with Crippen LogP contribution in [0, 0.1) is 0 Å². The van der Waals surface area contributed by atoms with Crippen molar-refractivity contribution in [3.63, 3.8) is 0 Å². The molecule has 3 aromatic rings. The molecule has 1 amide bonds. The Morgan fingerprint density at radius 2 is 1.85 bits per heavy atom. The van der Waals surface area contributed by atoms with Crippen molar-refractivity contribution < 1.29 is 28.5 Å². The number of hydrogen-bond acceptors (Lipinski definition) is 8. The normalized spacial score (nSPS) is 10.4. The van der Waals surface area contributed by atoms with E-state index in [1.165, 1.54) is 37.7 Å². The second-order valence-electron chi connectivity index (χ2n) is 6.65. The average Bonchev–Trinajstić information content (AvgIpc) is 3.27. The molecule has 0 bridgehead atoms. The number of esters is 1. The number of thiazole rings is 1. The summed E-state index contributed by atoms with van der Waals surface area (Å²) < 4.78 is 21.1. The van der Waals surface area contributed by atoms with E-state index in [1.807, 2.05) is 31.2 Å². The van der Waals surface area contributed by atoms with Crippen molar-refractivity contribution in [1.82, 2.24) is 4.98 Å². The van der Waals surface area contributed by atoms with Crippen LogP contribution in [-0.2, 0) is 20.7 Å². The van der Waals surface area contributed by atoms with E-state index in [4.69, 9.17) is 30.5 Å². The summed E-state index contributed by atoms with van der Waals surface area (Å²) in [6.07, 6.45) is -0.0569. The van der Waals surface area contributed by atoms with Gasteiger partial charge in [-0.25, -0.2) is 4.98 Å². The minimum atomic E-state index is -0.569. The Balaban J connectivity index is 1.57. The predicted molar refractivity (Wildman–Crippen MR) is 127 cm³/mol. The molecule has 2 aromatic carbocycles. The molecule has 0 spiro atoms. The zero-order chi connectivity index (χ0) is 23.8. The first-order valence-electron chi connectivity index (χ1n) is 9.98. The maximum absolute atomic E-state index is 12.3. The Labute approximate surface area is 200 Å². The van der Waals surface area contributed by atoms with Gasteiger partial charge in [-0.2, -0.15) is 0 Å². The zero-order valence-corrected chi connectivity index (χ0v) is 19.9. The van der Waals surface area contributed by atoms with Gasteiger partial charge in [-0.1, -0.05) is 23.7 Å². The fraction of sp³-hybridized carbons (Fsp3) is 0.261. The molecule has 1 aromatic heterocycles. The molecule has 33 heavy (non-hydrogen) atoms. The van der Waals surface area contributed by atoms with Crippen molar-refractivity contribution in [1.29, 1.82) is 0 Å². The first kappa shape index (κ1) is 24.3. The van der Waals surface area contributed by atoms with E-state index in [2.05, 4.69) is 10.3 Å². The molecule has 3 rings (SSSR count). The van der Waals surface area contributed by atoms with Crippen LogP contribution in [0.5, 0.6) is 17.2 Å². The van der Waals surface area contributed by atoms with Gasteiger partial charge in [0.15, 0.2) is 6.61 Å². The number of nitrogens with one attached hydrogen (secondary N) is 1. The van der Waals surface area contributed by atoms with Crippen molar-refractivity contribution in [3.8, 4) is 27.8 Å². The number of anilines is 1. The second kappa shape index (κ2) is 11.5. The predicted octanol–water partition coefficient (Wildman–Crippen LogP) is 4.60. The lowest BCUT2D eigenvalue weighted by Gasteiger charge is -2.13. The SMILES string of the molecule is CCOc1ccccc1-c1nc(CC(=O)OCC(=O)Nc2cc(OC)c(Cl)cc2OC)cs1. The molecule has 0 saturated carbocycles. The fourth-order valence-electron chi connectivity index (χ4n) is 2.93. The molecule has 10 heteroatoms. The number of aromatic nitrogens is 1. The summed E-state index contributed by atoms with van der Waals surface area (Å²) in [6.45, 7) is 1.99. The van der Waals surface area contributed by atoms with Crippen molar-refractivity contribution >= 4 is 40.5 Å². The number of amides is 1. The van der Waals surface area contributed by atoms with E-state index < -0.39 is 18.5 Å². The third-order valence-corrected chi connectivity index (χ3v) is 5.63. The molecule has 0 saturated heterocycles. The summed E-state index contributed by atoms with van der Waals surface area (Å²) in [5.41, 5.74) is 1.75. The number of benzene rings is 2. The van der Waals surface area contributed by atoms with E-state index in [0.717, 1.165) is 16.3 Å². The minimum absolute atomic E-state index is 0.0569. The van der Waals surface area contributed by atoms with Crippen LogP contribution in [-0.4, -0.2) is 44.3 Å². The molecule has 0 aliphatic heterocycles. The van der Waals surface area contributed by atoms with E-state index in [1.54, 1.807) is 5.38 Å². The van der Waals surface area contributed by atoms with Crippen LogP contribution in [0.2, 0.25) is 5.02 Å². The van der Waals surface area contributed by atoms with Gasteiger partial charge in [-0.05, 0) is 19.1 Å². The molecule has 1 heterocycles. The number of para-hydroxylation sites is 1. The Bertz CT molecular complexity index is 1130. The summed E-state index contributed by atoms with van der Waals surface area (Å²) in [5.74, 6) is 0.351. The monoisotopic (exact) mass is 490 g/mol. The molecule has 0 radical (unpaired) electrons. The Hall–Kier alpha value is -3.30. The van der Waals surface area contributed by atoms with Crippen LogP contribution in [0.4, 0.5) is 5.69 Å². The number of carbonyl (C=O) groups is 2. The maximum atomic E-state index is 12.3. The molecule has 174 valence electrons. The van der Waals surface area contributed by atoms with Crippen LogP contribution in [0.15, 0.2) is 41.8 Å². The van der Waals surface area contributed by atoms with Gasteiger partial charge in [-0.15, -0.1) is 11.3 Å². The average molecular weight is 491 g/mol. The van der Waals surface area contributed by atoms with Crippen molar-refractivity contribution in [2.75, 3.05) is 32.8 Å². The van der Waals surface area contributed by atoms with Crippen LogP contribution in [0.25, 0.3) is 10.6 Å². The number of nitrogens with zero attached hydrogens (tertiary/aromatic N) is 1. The number of hydrogen-bond donors (Lipinski definition) is 1. The minimum Gasteiger partial charge on any atom is -0.495 e. The third kappa shape index (κ3) is 6.36. The highest BCUT2D eigenvalue weighted by Gasteiger charge is 2.16. The highest BCUT2D eigenvalue weighted by molar-refractivity contribution is 7.13. The molecule has 1 N–H and O–H groups in total. The van der Waals surface area contributed by atoms with E-state index in [0.29, 0.717) is 34.5 Å². The lowest BCUT2D eigenvalue weighted by Crippen LogP contribution is -2.22. The van der Waals surface area contributed by atoms with E-state index in [-0.39, 0.29) is 6.42 Å². The summed E-state index contributed by atoms with van der Waals surface area (Å²) in [5, 5.41) is 5.48. The van der Waals surface area contributed by atoms with Gasteiger partial charge >= 0.3 is 5.97 Å². The molecule has 8 nitrogen and oxygen atoms in total. The summed E-state index contributed by atoms with van der Waals surface area (Å²) in [4.78, 5) is 29.0. The Morgan fingerprint density at radius 3 is 2.58 bits per heavy atom. The molecule has 0 aliphatic rings. The summed E-state index contributed by atoms with van der Waals surface area (Å²) >= 11 is 7.47. The second-order valence-corrected chi connectivity index (χ2v) is 7.91. The molecule has 0 fully saturated rings. The third-order valence-electron chi connectivity index (χ3n) is 4.41. The van der Waals surface area contributed by atoms with Gasteiger partial charge < -0.3 is 24.3 Å².